The number of unbranched alkanes of at least 4 members (excludes halogenated alkanes) is 1. The largest absolute Gasteiger partial charge is 0.416 e. The number of fused-ring (bicyclic) bond motifs is 1. The maximum absolute atomic E-state index is 12.8. The fourth-order valence-electron chi connectivity index (χ4n) is 3.49. The van der Waals surface area contributed by atoms with Crippen LogP contribution in [0.2, 0.25) is 5.02 Å². The number of nitrogens with one attached hydrogen (secondary N) is 3. The van der Waals surface area contributed by atoms with E-state index in [-0.39, 0.29) is 5.69 Å². The molecular formula is C24H21BrClF3N6O. The van der Waals surface area contributed by atoms with Crippen LogP contribution in [0, 0.1) is 0 Å². The van der Waals surface area contributed by atoms with E-state index in [0.29, 0.717) is 35.9 Å². The van der Waals surface area contributed by atoms with Crippen LogP contribution in [0.25, 0.3) is 16.9 Å². The summed E-state index contributed by atoms with van der Waals surface area (Å²) in [5, 5.41) is 13.4. The summed E-state index contributed by atoms with van der Waals surface area (Å²) < 4.78 is 40.9. The Kier molecular flexibility index (Phi) is 8.00. The summed E-state index contributed by atoms with van der Waals surface area (Å²) in [7, 11) is 0. The Bertz CT molecular complexity index is 1380. The zero-order valence-corrected chi connectivity index (χ0v) is 21.1. The van der Waals surface area contributed by atoms with Crippen molar-refractivity contribution in [2.75, 3.05) is 23.7 Å². The molecule has 2 heterocycles. The Balaban J connectivity index is 1.30. The average molecular weight is 582 g/mol. The molecule has 12 heteroatoms. The number of nitrogens with zero attached hydrogens (tertiary/aromatic N) is 3. The number of aromatic nitrogens is 3. The van der Waals surface area contributed by atoms with Crippen LogP contribution >= 0.6 is 27.5 Å². The number of carbonyl (C=O) groups excluding carboxylic acids is 1. The fraction of sp³-hybridized carbons (Fsp3) is 0.208. The van der Waals surface area contributed by atoms with Gasteiger partial charge in [-0.25, -0.2) is 9.78 Å². The third kappa shape index (κ3) is 6.27. The molecule has 0 spiro atoms. The predicted molar refractivity (Wildman–Crippen MR) is 137 cm³/mol. The number of hydrogen-bond donors (Lipinski definition) is 3. The van der Waals surface area contributed by atoms with E-state index in [2.05, 4.69) is 42.0 Å². The van der Waals surface area contributed by atoms with Gasteiger partial charge in [0.1, 0.15) is 5.82 Å². The third-order valence-electron chi connectivity index (χ3n) is 5.22. The maximum atomic E-state index is 12.8. The number of anilines is 2. The molecule has 0 aliphatic carbocycles. The Morgan fingerprint density at radius 2 is 1.83 bits per heavy atom. The predicted octanol–water partition coefficient (Wildman–Crippen LogP) is 6.84. The van der Waals surface area contributed by atoms with Crippen LogP contribution in [0.3, 0.4) is 0 Å². The first-order valence-corrected chi connectivity index (χ1v) is 12.1. The number of rotatable bonds is 8. The van der Waals surface area contributed by atoms with Crippen molar-refractivity contribution in [3.8, 4) is 11.3 Å². The number of hydrogen-bond acceptors (Lipinski definition) is 4. The van der Waals surface area contributed by atoms with Gasteiger partial charge in [-0.2, -0.15) is 22.8 Å². The van der Waals surface area contributed by atoms with Crippen molar-refractivity contribution in [3.05, 3.63) is 75.9 Å². The lowest BCUT2D eigenvalue weighted by Crippen LogP contribution is -2.29. The fourth-order valence-corrected chi connectivity index (χ4v) is 4.07. The molecule has 2 amide bonds. The molecule has 4 rings (SSSR count). The quantitative estimate of drug-likeness (QED) is 0.199. The van der Waals surface area contributed by atoms with Crippen molar-refractivity contribution < 1.29 is 18.0 Å². The molecular weight excluding hydrogens is 561 g/mol. The Labute approximate surface area is 218 Å². The van der Waals surface area contributed by atoms with Crippen molar-refractivity contribution in [1.29, 1.82) is 0 Å². The lowest BCUT2D eigenvalue weighted by atomic mass is 10.1. The van der Waals surface area contributed by atoms with Crippen LogP contribution in [0.1, 0.15) is 18.4 Å². The molecule has 0 unspecified atom stereocenters. The summed E-state index contributed by atoms with van der Waals surface area (Å²) in [4.78, 5) is 16.7. The highest BCUT2D eigenvalue weighted by Gasteiger charge is 2.30. The molecule has 3 N–H and O–H groups in total. The Morgan fingerprint density at radius 1 is 1.06 bits per heavy atom. The van der Waals surface area contributed by atoms with Gasteiger partial charge in [-0.1, -0.05) is 35.9 Å². The summed E-state index contributed by atoms with van der Waals surface area (Å²) in [6.45, 7) is 0.950. The van der Waals surface area contributed by atoms with Gasteiger partial charge < -0.3 is 16.0 Å². The number of alkyl halides is 3. The number of urea groups is 1. The molecule has 0 aliphatic rings. The van der Waals surface area contributed by atoms with Gasteiger partial charge in [0.15, 0.2) is 5.65 Å². The van der Waals surface area contributed by atoms with Gasteiger partial charge in [0, 0.05) is 35.4 Å². The van der Waals surface area contributed by atoms with E-state index >= 15 is 0 Å². The minimum Gasteiger partial charge on any atom is -0.370 e. The van der Waals surface area contributed by atoms with Crippen LogP contribution in [0.15, 0.2) is 65.3 Å². The monoisotopic (exact) mass is 580 g/mol. The molecule has 0 aliphatic heterocycles. The summed E-state index contributed by atoms with van der Waals surface area (Å²) >= 11 is 9.83. The molecule has 36 heavy (non-hydrogen) atoms. The van der Waals surface area contributed by atoms with Gasteiger partial charge in [-0.15, -0.1) is 0 Å². The minimum atomic E-state index is -4.47. The van der Waals surface area contributed by atoms with Gasteiger partial charge >= 0.3 is 12.2 Å². The van der Waals surface area contributed by atoms with E-state index in [4.69, 9.17) is 11.6 Å². The molecule has 2 aromatic heterocycles. The smallest absolute Gasteiger partial charge is 0.370 e. The van der Waals surface area contributed by atoms with Crippen LogP contribution in [0.5, 0.6) is 0 Å². The Hall–Kier alpha value is -3.31. The van der Waals surface area contributed by atoms with Crippen LogP contribution in [-0.2, 0) is 6.18 Å². The zero-order chi connectivity index (χ0) is 25.7. The van der Waals surface area contributed by atoms with Gasteiger partial charge in [-0.05, 0) is 53.0 Å². The van der Waals surface area contributed by atoms with Crippen molar-refractivity contribution in [2.45, 2.75) is 19.0 Å². The number of halogens is 5. The molecule has 0 radical (unpaired) electrons. The molecule has 0 saturated carbocycles. The standard InChI is InChI=1S/C24H21BrClF3N6O/c25-18-14-32-35-21(13-20(34-22(18)35)17-8-1-2-9-19(17)26)30-10-3-4-11-31-23(36)33-16-7-5-6-15(12-16)24(27,28)29/h1-2,5-9,12-14,30H,3-4,10-11H2,(H2,31,33,36). The van der Waals surface area contributed by atoms with Gasteiger partial charge in [0.05, 0.1) is 21.9 Å². The Morgan fingerprint density at radius 3 is 2.61 bits per heavy atom. The highest BCUT2D eigenvalue weighted by Crippen LogP contribution is 2.31. The second-order valence-electron chi connectivity index (χ2n) is 7.83. The number of benzene rings is 2. The molecule has 0 saturated heterocycles. The molecule has 188 valence electrons. The van der Waals surface area contributed by atoms with E-state index in [1.54, 1.807) is 16.8 Å². The van der Waals surface area contributed by atoms with Crippen molar-refractivity contribution in [3.63, 3.8) is 0 Å². The molecule has 4 aromatic rings. The number of amides is 2. The topological polar surface area (TPSA) is 83.3 Å². The average Bonchev–Trinajstić information content (AvgIpc) is 3.22. The SMILES string of the molecule is O=C(NCCCCNc1cc(-c2ccccc2Cl)nc2c(Br)cnn12)Nc1cccc(C(F)(F)F)c1. The molecule has 0 bridgehead atoms. The molecule has 0 atom stereocenters. The van der Waals surface area contributed by atoms with Gasteiger partial charge in [0.25, 0.3) is 0 Å². The van der Waals surface area contributed by atoms with Crippen molar-refractivity contribution >= 4 is 50.7 Å². The van der Waals surface area contributed by atoms with Gasteiger partial charge in [-0.3, -0.25) is 0 Å². The third-order valence-corrected chi connectivity index (χ3v) is 6.11. The summed E-state index contributed by atoms with van der Waals surface area (Å²) in [6.07, 6.45) is -1.44. The highest BCUT2D eigenvalue weighted by atomic mass is 79.9. The summed E-state index contributed by atoms with van der Waals surface area (Å²) in [6, 6.07) is 13.2. The maximum Gasteiger partial charge on any atom is 0.416 e. The molecule has 7 nitrogen and oxygen atoms in total. The van der Waals surface area contributed by atoms with E-state index in [9.17, 15) is 18.0 Å². The van der Waals surface area contributed by atoms with Crippen molar-refractivity contribution in [1.82, 2.24) is 19.9 Å². The normalized spacial score (nSPS) is 11.5. The second-order valence-corrected chi connectivity index (χ2v) is 9.09. The van der Waals surface area contributed by atoms with Crippen LogP contribution < -0.4 is 16.0 Å². The van der Waals surface area contributed by atoms with Gasteiger partial charge in [0.2, 0.25) is 0 Å². The second kappa shape index (κ2) is 11.2. The zero-order valence-electron chi connectivity index (χ0n) is 18.7. The first-order chi connectivity index (χ1) is 17.2. The summed E-state index contributed by atoms with van der Waals surface area (Å²) in [5.74, 6) is 0.732. The first-order valence-electron chi connectivity index (χ1n) is 11.0. The van der Waals surface area contributed by atoms with E-state index in [1.807, 2.05) is 24.3 Å². The van der Waals surface area contributed by atoms with E-state index in [1.165, 1.54) is 12.1 Å². The number of carbonyl (C=O) groups is 1. The molecule has 0 fully saturated rings. The molecule has 2 aromatic carbocycles. The van der Waals surface area contributed by atoms with Crippen molar-refractivity contribution in [2.24, 2.45) is 0 Å². The lowest BCUT2D eigenvalue weighted by molar-refractivity contribution is -0.137. The first kappa shape index (κ1) is 25.8. The van der Waals surface area contributed by atoms with Crippen LogP contribution in [0.4, 0.5) is 29.5 Å². The lowest BCUT2D eigenvalue weighted by Gasteiger charge is -2.12. The highest BCUT2D eigenvalue weighted by molar-refractivity contribution is 9.10. The summed E-state index contributed by atoms with van der Waals surface area (Å²) in [5.41, 5.74) is 1.39. The van der Waals surface area contributed by atoms with E-state index < -0.39 is 17.8 Å². The van der Waals surface area contributed by atoms with E-state index in [0.717, 1.165) is 34.4 Å². The minimum absolute atomic E-state index is 0.0744. The van der Waals surface area contributed by atoms with Crippen LogP contribution in [-0.4, -0.2) is 33.7 Å².